The number of aryl methyl sites for hydroxylation is 2. The van der Waals surface area contributed by atoms with Crippen LogP contribution in [0.15, 0.2) is 9.32 Å². The highest BCUT2D eigenvalue weighted by molar-refractivity contribution is 6.28. The average Bonchev–Trinajstić information content (AvgIpc) is 2.73. The number of hydrogen-bond donors (Lipinski definition) is 1. The Morgan fingerprint density at radius 3 is 2.87 bits per heavy atom. The van der Waals surface area contributed by atoms with E-state index in [9.17, 15) is 4.79 Å². The molecule has 0 spiro atoms. The van der Waals surface area contributed by atoms with Crippen LogP contribution in [-0.4, -0.2) is 24.9 Å². The molecular weight excluding hydrogens is 222 g/mol. The van der Waals surface area contributed by atoms with Crippen LogP contribution in [0.1, 0.15) is 11.6 Å². The van der Waals surface area contributed by atoms with Crippen LogP contribution in [0.25, 0.3) is 0 Å². The second kappa shape index (κ2) is 3.85. The highest BCUT2D eigenvalue weighted by Crippen LogP contribution is 2.07. The molecule has 2 heterocycles. The number of nitrogens with one attached hydrogen (secondary N) is 1. The Hall–Kier alpha value is -1.63. The van der Waals surface area contributed by atoms with Crippen molar-refractivity contribution < 1.29 is 4.52 Å². The topological polar surface area (TPSA) is 89.6 Å². The van der Waals surface area contributed by atoms with Crippen molar-refractivity contribution in [2.24, 2.45) is 0 Å². The van der Waals surface area contributed by atoms with Gasteiger partial charge < -0.3 is 4.57 Å². The van der Waals surface area contributed by atoms with E-state index in [1.165, 1.54) is 0 Å². The Morgan fingerprint density at radius 2 is 2.33 bits per heavy atom. The van der Waals surface area contributed by atoms with Gasteiger partial charge >= 0.3 is 5.76 Å². The first-order valence-corrected chi connectivity index (χ1v) is 4.65. The van der Waals surface area contributed by atoms with Crippen molar-refractivity contribution in [1.29, 1.82) is 0 Å². The summed E-state index contributed by atoms with van der Waals surface area (Å²) in [6.07, 6.45) is 0.504. The van der Waals surface area contributed by atoms with Crippen molar-refractivity contribution in [1.82, 2.24) is 24.9 Å². The molecule has 0 saturated heterocycles. The highest BCUT2D eigenvalue weighted by atomic mass is 35.5. The van der Waals surface area contributed by atoms with Gasteiger partial charge in [0, 0.05) is 13.0 Å². The van der Waals surface area contributed by atoms with E-state index < -0.39 is 5.76 Å². The van der Waals surface area contributed by atoms with Gasteiger partial charge in [-0.2, -0.15) is 0 Å². The van der Waals surface area contributed by atoms with Gasteiger partial charge in [0.2, 0.25) is 5.28 Å². The summed E-state index contributed by atoms with van der Waals surface area (Å²) in [7, 11) is 0. The third-order valence-electron chi connectivity index (χ3n) is 1.95. The second-order valence-corrected chi connectivity index (χ2v) is 3.30. The van der Waals surface area contributed by atoms with Crippen molar-refractivity contribution in [3.05, 3.63) is 27.5 Å². The molecule has 7 nitrogen and oxygen atoms in total. The van der Waals surface area contributed by atoms with Gasteiger partial charge in [-0.1, -0.05) is 5.16 Å². The van der Waals surface area contributed by atoms with E-state index in [4.69, 9.17) is 11.6 Å². The van der Waals surface area contributed by atoms with Crippen molar-refractivity contribution in [2.45, 2.75) is 19.9 Å². The number of nitrogens with zero attached hydrogens (tertiary/aromatic N) is 4. The largest absolute Gasteiger partial charge is 0.438 e. The van der Waals surface area contributed by atoms with Gasteiger partial charge in [0.15, 0.2) is 5.82 Å². The Balaban J connectivity index is 2.08. The molecule has 8 heteroatoms. The summed E-state index contributed by atoms with van der Waals surface area (Å²) in [6, 6.07) is 0. The highest BCUT2D eigenvalue weighted by Gasteiger charge is 2.07. The number of aromatic amines is 1. The lowest BCUT2D eigenvalue weighted by Crippen LogP contribution is -2.06. The number of halogens is 1. The minimum Gasteiger partial charge on any atom is -0.302 e. The molecule has 0 aromatic carbocycles. The summed E-state index contributed by atoms with van der Waals surface area (Å²) in [5.74, 6) is 0.631. The molecule has 0 atom stereocenters. The maximum Gasteiger partial charge on any atom is 0.438 e. The van der Waals surface area contributed by atoms with Crippen LogP contribution in [0.4, 0.5) is 0 Å². The number of H-pyrrole nitrogens is 1. The van der Waals surface area contributed by atoms with E-state index in [0.717, 1.165) is 0 Å². The number of rotatable bonds is 3. The standard InChI is InChI=1S/C7H8ClN5O2/c1-4-10-11-6(8)13(4)3-2-5-9-7(14)15-12-5/h2-3H2,1H3,(H,9,12,14). The fourth-order valence-electron chi connectivity index (χ4n) is 1.20. The number of hydrogen-bond acceptors (Lipinski definition) is 5. The molecule has 0 aliphatic heterocycles. The van der Waals surface area contributed by atoms with Crippen LogP contribution in [-0.2, 0) is 13.0 Å². The summed E-state index contributed by atoms with van der Waals surface area (Å²) in [6.45, 7) is 2.34. The first-order valence-electron chi connectivity index (χ1n) is 4.27. The Labute approximate surface area is 89.1 Å². The molecule has 0 saturated carbocycles. The molecule has 1 N–H and O–H groups in total. The maximum atomic E-state index is 10.6. The first kappa shape index (κ1) is 9.91. The van der Waals surface area contributed by atoms with Gasteiger partial charge in [-0.25, -0.2) is 4.79 Å². The molecule has 0 fully saturated rings. The molecule has 2 aromatic heterocycles. The lowest BCUT2D eigenvalue weighted by atomic mass is 10.4. The van der Waals surface area contributed by atoms with Crippen LogP contribution in [0.5, 0.6) is 0 Å². The molecule has 80 valence electrons. The molecule has 0 bridgehead atoms. The van der Waals surface area contributed by atoms with Gasteiger partial charge in [-0.15, -0.1) is 10.2 Å². The van der Waals surface area contributed by atoms with Crippen LogP contribution >= 0.6 is 11.6 Å². The van der Waals surface area contributed by atoms with E-state index in [0.29, 0.717) is 29.9 Å². The fourth-order valence-corrected chi connectivity index (χ4v) is 1.44. The Morgan fingerprint density at radius 1 is 1.53 bits per heavy atom. The van der Waals surface area contributed by atoms with E-state index in [-0.39, 0.29) is 0 Å². The molecular formula is C7H8ClN5O2. The van der Waals surface area contributed by atoms with Crippen LogP contribution in [0.2, 0.25) is 5.28 Å². The zero-order valence-corrected chi connectivity index (χ0v) is 8.65. The quantitative estimate of drug-likeness (QED) is 0.810. The smallest absolute Gasteiger partial charge is 0.302 e. The monoisotopic (exact) mass is 229 g/mol. The van der Waals surface area contributed by atoms with Crippen LogP contribution in [0, 0.1) is 6.92 Å². The van der Waals surface area contributed by atoms with Crippen molar-refractivity contribution in [3.8, 4) is 0 Å². The number of aromatic nitrogens is 5. The predicted molar refractivity (Wildman–Crippen MR) is 50.6 cm³/mol. The minimum atomic E-state index is -0.559. The third-order valence-corrected chi connectivity index (χ3v) is 2.23. The molecule has 0 radical (unpaired) electrons. The normalized spacial score (nSPS) is 10.8. The summed E-state index contributed by atoms with van der Waals surface area (Å²) in [5, 5.41) is 11.3. The van der Waals surface area contributed by atoms with E-state index in [1.807, 2.05) is 0 Å². The molecule has 0 aliphatic carbocycles. The van der Waals surface area contributed by atoms with Crippen LogP contribution in [0.3, 0.4) is 0 Å². The van der Waals surface area contributed by atoms with Gasteiger partial charge in [0.25, 0.3) is 0 Å². The zero-order valence-electron chi connectivity index (χ0n) is 7.90. The first-order chi connectivity index (χ1) is 7.16. The Kier molecular flexibility index (Phi) is 2.55. The summed E-state index contributed by atoms with van der Waals surface area (Å²) < 4.78 is 6.08. The molecule has 0 amide bonds. The molecule has 15 heavy (non-hydrogen) atoms. The van der Waals surface area contributed by atoms with Crippen LogP contribution < -0.4 is 5.76 Å². The Bertz CT molecular complexity index is 494. The lowest BCUT2D eigenvalue weighted by Gasteiger charge is -2.01. The van der Waals surface area contributed by atoms with Crippen molar-refractivity contribution in [3.63, 3.8) is 0 Å². The molecule has 0 unspecified atom stereocenters. The van der Waals surface area contributed by atoms with Gasteiger partial charge in [-0.3, -0.25) is 9.51 Å². The predicted octanol–water partition coefficient (Wildman–Crippen LogP) is 0.159. The maximum absolute atomic E-state index is 10.6. The van der Waals surface area contributed by atoms with E-state index in [2.05, 4.69) is 24.9 Å². The second-order valence-electron chi connectivity index (χ2n) is 2.96. The van der Waals surface area contributed by atoms with Crippen molar-refractivity contribution >= 4 is 11.6 Å². The van der Waals surface area contributed by atoms with E-state index in [1.54, 1.807) is 11.5 Å². The summed E-state index contributed by atoms with van der Waals surface area (Å²) in [5.41, 5.74) is 0. The SMILES string of the molecule is Cc1nnc(Cl)n1CCc1noc(=O)[nH]1. The van der Waals surface area contributed by atoms with Gasteiger partial charge in [0.1, 0.15) is 5.82 Å². The molecule has 2 aromatic rings. The average molecular weight is 230 g/mol. The summed E-state index contributed by atoms with van der Waals surface area (Å²) in [4.78, 5) is 13.1. The third kappa shape index (κ3) is 2.07. The fraction of sp³-hybridized carbons (Fsp3) is 0.429. The molecule has 0 aliphatic rings. The molecule has 2 rings (SSSR count). The van der Waals surface area contributed by atoms with Crippen molar-refractivity contribution in [2.75, 3.05) is 0 Å². The van der Waals surface area contributed by atoms with Gasteiger partial charge in [-0.05, 0) is 18.5 Å². The minimum absolute atomic E-state index is 0.318. The van der Waals surface area contributed by atoms with Gasteiger partial charge in [0.05, 0.1) is 0 Å². The lowest BCUT2D eigenvalue weighted by molar-refractivity contribution is 0.380. The zero-order chi connectivity index (χ0) is 10.8. The van der Waals surface area contributed by atoms with E-state index >= 15 is 0 Å². The summed E-state index contributed by atoms with van der Waals surface area (Å²) >= 11 is 5.79.